The second kappa shape index (κ2) is 7.26. The van der Waals surface area contributed by atoms with Gasteiger partial charge < -0.3 is 9.84 Å². The van der Waals surface area contributed by atoms with Crippen molar-refractivity contribution in [1.82, 2.24) is 4.98 Å². The third-order valence-electron chi connectivity index (χ3n) is 2.87. The average molecular weight is 277 g/mol. The monoisotopic (exact) mass is 277 g/mol. The van der Waals surface area contributed by atoms with Crippen LogP contribution < -0.4 is 4.74 Å². The Bertz CT molecular complexity index is 510. The average Bonchev–Trinajstić information content (AvgIpc) is 2.92. The molecule has 0 unspecified atom stereocenters. The molecule has 0 aliphatic heterocycles. The van der Waals surface area contributed by atoms with Crippen molar-refractivity contribution in [2.75, 3.05) is 6.61 Å². The molecule has 2 aromatic rings. The number of ether oxygens (including phenoxy) is 1. The zero-order valence-electron chi connectivity index (χ0n) is 11.1. The highest BCUT2D eigenvalue weighted by atomic mass is 32.1. The molecular formula is C15H19NO2S. The standard InChI is InChI=1S/C15H19NO2S/c1-2-12-5-3-6-14(9-12)18-8-4-7-15-16-13(10-17)11-19-15/h3,5-6,9,11,17H,2,4,7-8,10H2,1H3. The van der Waals surface area contributed by atoms with Gasteiger partial charge in [-0.25, -0.2) is 4.98 Å². The molecule has 0 saturated carbocycles. The van der Waals surface area contributed by atoms with Crippen molar-refractivity contribution in [3.05, 3.63) is 45.9 Å². The molecule has 0 bridgehead atoms. The van der Waals surface area contributed by atoms with Gasteiger partial charge in [0.25, 0.3) is 0 Å². The van der Waals surface area contributed by atoms with E-state index in [1.807, 2.05) is 17.5 Å². The Morgan fingerprint density at radius 3 is 3.00 bits per heavy atom. The topological polar surface area (TPSA) is 42.4 Å². The fourth-order valence-electron chi connectivity index (χ4n) is 1.80. The number of aliphatic hydroxyl groups is 1. The molecule has 0 fully saturated rings. The first-order valence-corrected chi connectivity index (χ1v) is 7.45. The van der Waals surface area contributed by atoms with Gasteiger partial charge in [0.1, 0.15) is 5.75 Å². The van der Waals surface area contributed by atoms with Crippen LogP contribution in [0.5, 0.6) is 5.75 Å². The first kappa shape index (κ1) is 14.0. The van der Waals surface area contributed by atoms with Crippen molar-refractivity contribution in [1.29, 1.82) is 0 Å². The Kier molecular flexibility index (Phi) is 5.36. The molecule has 0 saturated heterocycles. The highest BCUT2D eigenvalue weighted by molar-refractivity contribution is 7.09. The fraction of sp³-hybridized carbons (Fsp3) is 0.400. The summed E-state index contributed by atoms with van der Waals surface area (Å²) in [5.41, 5.74) is 2.06. The lowest BCUT2D eigenvalue weighted by atomic mass is 10.2. The molecule has 1 aromatic carbocycles. The minimum atomic E-state index is 0.0246. The van der Waals surface area contributed by atoms with E-state index in [2.05, 4.69) is 24.0 Å². The molecular weight excluding hydrogens is 258 g/mol. The molecule has 19 heavy (non-hydrogen) atoms. The van der Waals surface area contributed by atoms with Gasteiger partial charge in [-0.05, 0) is 30.5 Å². The zero-order chi connectivity index (χ0) is 13.5. The second-order valence-electron chi connectivity index (χ2n) is 4.34. The molecule has 0 atom stereocenters. The van der Waals surface area contributed by atoms with E-state index in [-0.39, 0.29) is 6.61 Å². The van der Waals surface area contributed by atoms with Crippen molar-refractivity contribution >= 4 is 11.3 Å². The Morgan fingerprint density at radius 2 is 2.26 bits per heavy atom. The minimum Gasteiger partial charge on any atom is -0.494 e. The van der Waals surface area contributed by atoms with Crippen LogP contribution in [0.25, 0.3) is 0 Å². The second-order valence-corrected chi connectivity index (χ2v) is 5.29. The molecule has 1 heterocycles. The molecule has 1 N–H and O–H groups in total. The summed E-state index contributed by atoms with van der Waals surface area (Å²) in [6, 6.07) is 8.22. The van der Waals surface area contributed by atoms with E-state index >= 15 is 0 Å². The Labute approximate surface area is 117 Å². The number of aliphatic hydroxyl groups excluding tert-OH is 1. The van der Waals surface area contributed by atoms with Crippen LogP contribution in [-0.2, 0) is 19.4 Å². The summed E-state index contributed by atoms with van der Waals surface area (Å²) in [6.07, 6.45) is 2.87. The first-order valence-electron chi connectivity index (χ1n) is 6.57. The molecule has 3 nitrogen and oxygen atoms in total. The van der Waals surface area contributed by atoms with E-state index in [0.29, 0.717) is 6.61 Å². The van der Waals surface area contributed by atoms with Crippen LogP contribution in [0.1, 0.15) is 29.6 Å². The fourth-order valence-corrected chi connectivity index (χ4v) is 2.64. The van der Waals surface area contributed by atoms with Crippen LogP contribution in [-0.4, -0.2) is 16.7 Å². The molecule has 0 aliphatic rings. The lowest BCUT2D eigenvalue weighted by molar-refractivity contribution is 0.277. The summed E-state index contributed by atoms with van der Waals surface area (Å²) >= 11 is 1.60. The lowest BCUT2D eigenvalue weighted by Gasteiger charge is -2.06. The molecule has 0 radical (unpaired) electrons. The number of hydrogen-bond donors (Lipinski definition) is 1. The molecule has 0 amide bonds. The molecule has 102 valence electrons. The van der Waals surface area contributed by atoms with E-state index in [1.165, 1.54) is 5.56 Å². The normalized spacial score (nSPS) is 10.6. The van der Waals surface area contributed by atoms with Crippen LogP contribution in [0.15, 0.2) is 29.6 Å². The van der Waals surface area contributed by atoms with Gasteiger partial charge in [-0.3, -0.25) is 0 Å². The van der Waals surface area contributed by atoms with E-state index in [4.69, 9.17) is 9.84 Å². The molecule has 0 aliphatic carbocycles. The zero-order valence-corrected chi connectivity index (χ0v) is 11.9. The van der Waals surface area contributed by atoms with Crippen LogP contribution in [0.3, 0.4) is 0 Å². The predicted molar refractivity (Wildman–Crippen MR) is 77.7 cm³/mol. The van der Waals surface area contributed by atoms with Gasteiger partial charge in [0.2, 0.25) is 0 Å². The number of hydrogen-bond acceptors (Lipinski definition) is 4. The van der Waals surface area contributed by atoms with Crippen LogP contribution in [0.2, 0.25) is 0 Å². The van der Waals surface area contributed by atoms with Gasteiger partial charge in [-0.1, -0.05) is 19.1 Å². The number of nitrogens with zero attached hydrogens (tertiary/aromatic N) is 1. The lowest BCUT2D eigenvalue weighted by Crippen LogP contribution is -1.99. The first-order chi connectivity index (χ1) is 9.31. The highest BCUT2D eigenvalue weighted by Crippen LogP contribution is 2.15. The maximum absolute atomic E-state index is 8.94. The SMILES string of the molecule is CCc1cccc(OCCCc2nc(CO)cs2)c1. The van der Waals surface area contributed by atoms with Gasteiger partial charge in [0.15, 0.2) is 0 Å². The summed E-state index contributed by atoms with van der Waals surface area (Å²) in [7, 11) is 0. The maximum atomic E-state index is 8.94. The van der Waals surface area contributed by atoms with Crippen molar-refractivity contribution in [2.45, 2.75) is 32.8 Å². The van der Waals surface area contributed by atoms with Crippen molar-refractivity contribution in [3.8, 4) is 5.75 Å². The van der Waals surface area contributed by atoms with E-state index in [1.54, 1.807) is 11.3 Å². The third kappa shape index (κ3) is 4.33. The largest absolute Gasteiger partial charge is 0.494 e. The molecule has 4 heteroatoms. The quantitative estimate of drug-likeness (QED) is 0.790. The van der Waals surface area contributed by atoms with Gasteiger partial charge in [-0.15, -0.1) is 11.3 Å². The molecule has 1 aromatic heterocycles. The van der Waals surface area contributed by atoms with Crippen molar-refractivity contribution in [2.24, 2.45) is 0 Å². The molecule has 0 spiro atoms. The van der Waals surface area contributed by atoms with Gasteiger partial charge in [-0.2, -0.15) is 0 Å². The minimum absolute atomic E-state index is 0.0246. The van der Waals surface area contributed by atoms with Gasteiger partial charge in [0.05, 0.1) is 23.9 Å². The number of rotatable bonds is 7. The Hall–Kier alpha value is -1.39. The Morgan fingerprint density at radius 1 is 1.37 bits per heavy atom. The van der Waals surface area contributed by atoms with Gasteiger partial charge in [0, 0.05) is 11.8 Å². The van der Waals surface area contributed by atoms with Crippen molar-refractivity contribution < 1.29 is 9.84 Å². The summed E-state index contributed by atoms with van der Waals surface area (Å²) in [4.78, 5) is 4.31. The summed E-state index contributed by atoms with van der Waals surface area (Å²) < 4.78 is 5.73. The number of aromatic nitrogens is 1. The van der Waals surface area contributed by atoms with Crippen molar-refractivity contribution in [3.63, 3.8) is 0 Å². The maximum Gasteiger partial charge on any atom is 0.119 e. The van der Waals surface area contributed by atoms with Crippen LogP contribution in [0.4, 0.5) is 0 Å². The van der Waals surface area contributed by atoms with E-state index in [9.17, 15) is 0 Å². The smallest absolute Gasteiger partial charge is 0.119 e. The van der Waals surface area contributed by atoms with Crippen LogP contribution in [0, 0.1) is 0 Å². The Balaban J connectivity index is 1.74. The summed E-state index contributed by atoms with van der Waals surface area (Å²) in [5.74, 6) is 0.939. The number of aryl methyl sites for hydroxylation is 2. The van der Waals surface area contributed by atoms with Crippen LogP contribution >= 0.6 is 11.3 Å². The summed E-state index contributed by atoms with van der Waals surface area (Å²) in [5, 5.41) is 11.9. The van der Waals surface area contributed by atoms with E-state index < -0.39 is 0 Å². The number of thiazole rings is 1. The number of benzene rings is 1. The highest BCUT2D eigenvalue weighted by Gasteiger charge is 2.01. The van der Waals surface area contributed by atoms with Gasteiger partial charge >= 0.3 is 0 Å². The van der Waals surface area contributed by atoms with E-state index in [0.717, 1.165) is 35.7 Å². The summed E-state index contributed by atoms with van der Waals surface area (Å²) in [6.45, 7) is 2.86. The predicted octanol–water partition coefficient (Wildman–Crippen LogP) is 3.21. The molecule has 2 rings (SSSR count). The third-order valence-corrected chi connectivity index (χ3v) is 3.83.